The van der Waals surface area contributed by atoms with Gasteiger partial charge in [-0.05, 0) is 0 Å². The predicted molar refractivity (Wildman–Crippen MR) is 72.2 cm³/mol. The normalized spacial score (nSPS) is 19.5. The second kappa shape index (κ2) is 5.92. The van der Waals surface area contributed by atoms with E-state index in [2.05, 4.69) is 0 Å². The molecule has 0 bridgehead atoms. The van der Waals surface area contributed by atoms with E-state index in [0.29, 0.717) is 25.4 Å². The molecule has 2 rings (SSSR count). The smallest absolute Gasteiger partial charge is 0.272 e. The molecule has 0 radical (unpaired) electrons. The number of non-ortho nitro benzene ring substituents is 1. The van der Waals surface area contributed by atoms with Crippen LogP contribution in [0.1, 0.15) is 0 Å². The van der Waals surface area contributed by atoms with Gasteiger partial charge < -0.3 is 14.7 Å². The third-order valence-electron chi connectivity index (χ3n) is 2.94. The standard InChI is InChI=1S/C11H12Cl2N2O4/c12-9-3-7(15(17)18)4-10(13)11(9)14-1-2-19-6-8(14)5-16/h3-4,8,16H,1-2,5-6H2. The first-order valence-electron chi connectivity index (χ1n) is 5.63. The molecule has 104 valence electrons. The molecule has 0 aromatic heterocycles. The fourth-order valence-electron chi connectivity index (χ4n) is 2.03. The first-order valence-corrected chi connectivity index (χ1v) is 6.39. The molecule has 1 unspecified atom stereocenters. The number of rotatable bonds is 3. The lowest BCUT2D eigenvalue weighted by molar-refractivity contribution is -0.384. The Bertz CT molecular complexity index is 475. The van der Waals surface area contributed by atoms with E-state index in [1.54, 1.807) is 0 Å². The van der Waals surface area contributed by atoms with Crippen molar-refractivity contribution in [1.29, 1.82) is 0 Å². The minimum Gasteiger partial charge on any atom is -0.394 e. The Hall–Kier alpha value is -1.08. The average Bonchev–Trinajstić information content (AvgIpc) is 2.38. The minimum absolute atomic E-state index is 0.107. The third kappa shape index (κ3) is 2.92. The van der Waals surface area contributed by atoms with Gasteiger partial charge in [-0.1, -0.05) is 23.2 Å². The SMILES string of the molecule is O=[N+]([O-])c1cc(Cl)c(N2CCOCC2CO)c(Cl)c1. The fourth-order valence-corrected chi connectivity index (χ4v) is 2.73. The van der Waals surface area contributed by atoms with Crippen LogP contribution in [0.2, 0.25) is 10.0 Å². The van der Waals surface area contributed by atoms with E-state index >= 15 is 0 Å². The molecule has 1 atom stereocenters. The Kier molecular flexibility index (Phi) is 4.46. The molecule has 0 amide bonds. The van der Waals surface area contributed by atoms with Gasteiger partial charge in [0, 0.05) is 18.7 Å². The molecule has 1 aromatic carbocycles. The monoisotopic (exact) mass is 306 g/mol. The van der Waals surface area contributed by atoms with Gasteiger partial charge in [-0.15, -0.1) is 0 Å². The molecule has 0 aliphatic carbocycles. The molecule has 1 heterocycles. The second-order valence-electron chi connectivity index (χ2n) is 4.12. The van der Waals surface area contributed by atoms with Crippen molar-refractivity contribution < 1.29 is 14.8 Å². The number of ether oxygens (including phenoxy) is 1. The van der Waals surface area contributed by atoms with E-state index in [1.807, 2.05) is 4.90 Å². The highest BCUT2D eigenvalue weighted by atomic mass is 35.5. The van der Waals surface area contributed by atoms with Crippen molar-refractivity contribution >= 4 is 34.6 Å². The van der Waals surface area contributed by atoms with Crippen molar-refractivity contribution in [2.45, 2.75) is 6.04 Å². The topological polar surface area (TPSA) is 75.8 Å². The number of anilines is 1. The molecule has 0 spiro atoms. The molecule has 19 heavy (non-hydrogen) atoms. The first kappa shape index (κ1) is 14.3. The molecular formula is C11H12Cl2N2O4. The number of hydrogen-bond donors (Lipinski definition) is 1. The van der Waals surface area contributed by atoms with E-state index in [-0.39, 0.29) is 28.4 Å². The number of nitro groups is 1. The van der Waals surface area contributed by atoms with E-state index in [4.69, 9.17) is 27.9 Å². The first-order chi connectivity index (χ1) is 9.04. The second-order valence-corrected chi connectivity index (χ2v) is 4.93. The van der Waals surface area contributed by atoms with E-state index < -0.39 is 4.92 Å². The van der Waals surface area contributed by atoms with Gasteiger partial charge in [-0.3, -0.25) is 10.1 Å². The number of aliphatic hydroxyl groups is 1. The highest BCUT2D eigenvalue weighted by Gasteiger charge is 2.27. The van der Waals surface area contributed by atoms with Crippen LogP contribution in [0.3, 0.4) is 0 Å². The van der Waals surface area contributed by atoms with Crippen LogP contribution in [-0.4, -0.2) is 42.4 Å². The van der Waals surface area contributed by atoms with Crippen LogP contribution in [0, 0.1) is 10.1 Å². The van der Waals surface area contributed by atoms with Crippen LogP contribution in [0.15, 0.2) is 12.1 Å². The van der Waals surface area contributed by atoms with Gasteiger partial charge in [0.15, 0.2) is 0 Å². The number of morpholine rings is 1. The van der Waals surface area contributed by atoms with Gasteiger partial charge in [0.05, 0.1) is 46.5 Å². The maximum absolute atomic E-state index is 10.7. The predicted octanol–water partition coefficient (Wildman–Crippen LogP) is 2.10. The Morgan fingerprint density at radius 2 is 2.11 bits per heavy atom. The van der Waals surface area contributed by atoms with Crippen molar-refractivity contribution in [2.75, 3.05) is 31.3 Å². The molecule has 0 saturated carbocycles. The molecule has 1 saturated heterocycles. The summed E-state index contributed by atoms with van der Waals surface area (Å²) in [5.74, 6) is 0. The maximum atomic E-state index is 10.7. The zero-order valence-electron chi connectivity index (χ0n) is 9.88. The third-order valence-corrected chi connectivity index (χ3v) is 3.51. The van der Waals surface area contributed by atoms with Crippen molar-refractivity contribution in [3.63, 3.8) is 0 Å². The largest absolute Gasteiger partial charge is 0.394 e. The number of hydrogen-bond acceptors (Lipinski definition) is 5. The van der Waals surface area contributed by atoms with Crippen molar-refractivity contribution in [3.05, 3.63) is 32.3 Å². The summed E-state index contributed by atoms with van der Waals surface area (Å²) in [4.78, 5) is 12.0. The average molecular weight is 307 g/mol. The van der Waals surface area contributed by atoms with Crippen LogP contribution < -0.4 is 4.90 Å². The quantitative estimate of drug-likeness (QED) is 0.683. The zero-order valence-corrected chi connectivity index (χ0v) is 11.4. The summed E-state index contributed by atoms with van der Waals surface area (Å²) >= 11 is 12.2. The van der Waals surface area contributed by atoms with Crippen molar-refractivity contribution in [2.24, 2.45) is 0 Å². The zero-order chi connectivity index (χ0) is 14.0. The Balaban J connectivity index is 2.41. The summed E-state index contributed by atoms with van der Waals surface area (Å²) < 4.78 is 5.27. The number of nitrogens with zero attached hydrogens (tertiary/aromatic N) is 2. The molecule has 8 heteroatoms. The van der Waals surface area contributed by atoms with Gasteiger partial charge in [-0.2, -0.15) is 0 Å². The number of nitro benzene ring substituents is 1. The van der Waals surface area contributed by atoms with Gasteiger partial charge >= 0.3 is 0 Å². The van der Waals surface area contributed by atoms with Crippen LogP contribution in [-0.2, 0) is 4.74 Å². The fraction of sp³-hybridized carbons (Fsp3) is 0.455. The lowest BCUT2D eigenvalue weighted by Gasteiger charge is -2.37. The van der Waals surface area contributed by atoms with Crippen LogP contribution >= 0.6 is 23.2 Å². The molecule has 1 aliphatic rings. The highest BCUT2D eigenvalue weighted by Crippen LogP contribution is 2.38. The molecule has 1 aliphatic heterocycles. The minimum atomic E-state index is -0.551. The van der Waals surface area contributed by atoms with Gasteiger partial charge in [0.2, 0.25) is 0 Å². The summed E-state index contributed by atoms with van der Waals surface area (Å²) in [6.45, 7) is 1.26. The molecule has 1 fully saturated rings. The highest BCUT2D eigenvalue weighted by molar-refractivity contribution is 6.39. The molecule has 6 nitrogen and oxygen atoms in total. The Labute approximate surface area is 119 Å². The Morgan fingerprint density at radius 3 is 2.63 bits per heavy atom. The van der Waals surface area contributed by atoms with E-state index in [1.165, 1.54) is 12.1 Å². The lowest BCUT2D eigenvalue weighted by atomic mass is 10.2. The van der Waals surface area contributed by atoms with Crippen LogP contribution in [0.5, 0.6) is 0 Å². The van der Waals surface area contributed by atoms with Crippen LogP contribution in [0.4, 0.5) is 11.4 Å². The molecule has 1 aromatic rings. The number of aliphatic hydroxyl groups excluding tert-OH is 1. The van der Waals surface area contributed by atoms with E-state index in [0.717, 1.165) is 0 Å². The summed E-state index contributed by atoms with van der Waals surface area (Å²) in [6, 6.07) is 2.25. The maximum Gasteiger partial charge on any atom is 0.272 e. The van der Waals surface area contributed by atoms with Gasteiger partial charge in [-0.25, -0.2) is 0 Å². The van der Waals surface area contributed by atoms with Crippen molar-refractivity contribution in [1.82, 2.24) is 0 Å². The summed E-state index contributed by atoms with van der Waals surface area (Å²) in [6.07, 6.45) is 0. The summed E-state index contributed by atoms with van der Waals surface area (Å²) in [5.41, 5.74) is 0.337. The molecule has 1 N–H and O–H groups in total. The Morgan fingerprint density at radius 1 is 1.47 bits per heavy atom. The van der Waals surface area contributed by atoms with Gasteiger partial charge in [0.1, 0.15) is 0 Å². The van der Waals surface area contributed by atoms with Gasteiger partial charge in [0.25, 0.3) is 5.69 Å². The van der Waals surface area contributed by atoms with Crippen LogP contribution in [0.25, 0.3) is 0 Å². The molecular weight excluding hydrogens is 295 g/mol. The number of benzene rings is 1. The lowest BCUT2D eigenvalue weighted by Crippen LogP contribution is -2.47. The van der Waals surface area contributed by atoms with E-state index in [9.17, 15) is 15.2 Å². The number of halogens is 2. The summed E-state index contributed by atoms with van der Waals surface area (Å²) in [5, 5.41) is 20.4. The summed E-state index contributed by atoms with van der Waals surface area (Å²) in [7, 11) is 0. The van der Waals surface area contributed by atoms with Crippen molar-refractivity contribution in [3.8, 4) is 0 Å².